The summed E-state index contributed by atoms with van der Waals surface area (Å²) in [7, 11) is 0. The maximum atomic E-state index is 8.97. The molecule has 2 nitrogen and oxygen atoms in total. The lowest BCUT2D eigenvalue weighted by Crippen LogP contribution is -2.11. The molecule has 0 amide bonds. The van der Waals surface area contributed by atoms with Gasteiger partial charge in [-0.3, -0.25) is 0 Å². The van der Waals surface area contributed by atoms with Gasteiger partial charge in [-0.2, -0.15) is 5.26 Å². The molecule has 1 fully saturated rings. The molecule has 0 radical (unpaired) electrons. The molecule has 0 aromatic heterocycles. The largest absolute Gasteiger partial charge is 0.492 e. The Morgan fingerprint density at radius 3 is 2.81 bits per heavy atom. The van der Waals surface area contributed by atoms with Crippen molar-refractivity contribution in [1.29, 1.82) is 5.26 Å². The Morgan fingerprint density at radius 1 is 1.50 bits per heavy atom. The molecule has 0 saturated heterocycles. The summed E-state index contributed by atoms with van der Waals surface area (Å²) in [6.07, 6.45) is 2.89. The molecule has 1 aliphatic rings. The third-order valence-electron chi connectivity index (χ3n) is 3.00. The van der Waals surface area contributed by atoms with Crippen LogP contribution in [0.2, 0.25) is 0 Å². The van der Waals surface area contributed by atoms with E-state index in [1.54, 1.807) is 0 Å². The van der Waals surface area contributed by atoms with Crippen LogP contribution in [0, 0.1) is 16.7 Å². The van der Waals surface area contributed by atoms with Crippen molar-refractivity contribution in [3.05, 3.63) is 28.2 Å². The van der Waals surface area contributed by atoms with E-state index < -0.39 is 0 Å². The zero-order valence-electron chi connectivity index (χ0n) is 9.29. The first kappa shape index (κ1) is 11.5. The zero-order chi connectivity index (χ0) is 11.6. The normalized spacial score (nSPS) is 16.6. The second kappa shape index (κ2) is 4.47. The summed E-state index contributed by atoms with van der Waals surface area (Å²) in [5.74, 6) is 0.909. The fourth-order valence-electron chi connectivity index (χ4n) is 1.62. The second-order valence-corrected chi connectivity index (χ2v) is 5.20. The minimum atomic E-state index is -0.196. The fourth-order valence-corrected chi connectivity index (χ4v) is 2.03. The molecular weight excluding hydrogens is 266 g/mol. The van der Waals surface area contributed by atoms with Crippen molar-refractivity contribution in [3.63, 3.8) is 0 Å². The van der Waals surface area contributed by atoms with Crippen molar-refractivity contribution in [2.75, 3.05) is 6.61 Å². The quantitative estimate of drug-likeness (QED) is 0.842. The van der Waals surface area contributed by atoms with Gasteiger partial charge in [-0.25, -0.2) is 0 Å². The van der Waals surface area contributed by atoms with E-state index in [-0.39, 0.29) is 5.41 Å². The van der Waals surface area contributed by atoms with Gasteiger partial charge in [0, 0.05) is 4.47 Å². The molecule has 0 heterocycles. The predicted octanol–water partition coefficient (Wildman–Crippen LogP) is 3.69. The minimum absolute atomic E-state index is 0.196. The van der Waals surface area contributed by atoms with Crippen LogP contribution in [-0.4, -0.2) is 6.61 Å². The average molecular weight is 280 g/mol. The Morgan fingerprint density at radius 2 is 2.25 bits per heavy atom. The van der Waals surface area contributed by atoms with Crippen LogP contribution < -0.4 is 4.74 Å². The zero-order valence-corrected chi connectivity index (χ0v) is 10.9. The van der Waals surface area contributed by atoms with Crippen molar-refractivity contribution in [1.82, 2.24) is 0 Å². The summed E-state index contributed by atoms with van der Waals surface area (Å²) in [4.78, 5) is 0. The van der Waals surface area contributed by atoms with Crippen LogP contribution >= 0.6 is 15.9 Å². The topological polar surface area (TPSA) is 33.0 Å². The molecule has 1 saturated carbocycles. The number of hydrogen-bond acceptors (Lipinski definition) is 2. The SMILES string of the molecule is CCc1cc(Br)ccc1OCC1(C#N)CC1. The number of rotatable bonds is 4. The predicted molar refractivity (Wildman–Crippen MR) is 66.3 cm³/mol. The van der Waals surface area contributed by atoms with Crippen LogP contribution in [0.1, 0.15) is 25.3 Å². The minimum Gasteiger partial charge on any atom is -0.492 e. The van der Waals surface area contributed by atoms with E-state index in [0.29, 0.717) is 6.61 Å². The van der Waals surface area contributed by atoms with Gasteiger partial charge >= 0.3 is 0 Å². The summed E-state index contributed by atoms with van der Waals surface area (Å²) in [5, 5.41) is 8.97. The van der Waals surface area contributed by atoms with Gasteiger partial charge in [0.05, 0.1) is 11.5 Å². The molecule has 3 heteroatoms. The highest BCUT2D eigenvalue weighted by Gasteiger charge is 2.44. The highest BCUT2D eigenvalue weighted by molar-refractivity contribution is 9.10. The van der Waals surface area contributed by atoms with Crippen molar-refractivity contribution < 1.29 is 4.74 Å². The maximum absolute atomic E-state index is 8.97. The van der Waals surface area contributed by atoms with E-state index in [2.05, 4.69) is 35.0 Å². The highest BCUT2D eigenvalue weighted by atomic mass is 79.9. The second-order valence-electron chi connectivity index (χ2n) is 4.29. The number of aryl methyl sites for hydroxylation is 1. The molecule has 0 atom stereocenters. The van der Waals surface area contributed by atoms with Crippen molar-refractivity contribution in [2.24, 2.45) is 5.41 Å². The molecule has 16 heavy (non-hydrogen) atoms. The molecule has 84 valence electrons. The number of hydrogen-bond donors (Lipinski definition) is 0. The van der Waals surface area contributed by atoms with Crippen LogP contribution in [0.5, 0.6) is 5.75 Å². The molecular formula is C13H14BrNO. The third kappa shape index (κ3) is 2.38. The lowest BCUT2D eigenvalue weighted by Gasteiger charge is -2.12. The Balaban J connectivity index is 2.07. The van der Waals surface area contributed by atoms with E-state index in [0.717, 1.165) is 29.5 Å². The van der Waals surface area contributed by atoms with Gasteiger partial charge < -0.3 is 4.74 Å². The first-order chi connectivity index (χ1) is 7.69. The van der Waals surface area contributed by atoms with Crippen LogP contribution in [0.4, 0.5) is 0 Å². The Labute approximate surface area is 104 Å². The van der Waals surface area contributed by atoms with Crippen LogP contribution in [0.25, 0.3) is 0 Å². The van der Waals surface area contributed by atoms with Crippen LogP contribution in [0.3, 0.4) is 0 Å². The maximum Gasteiger partial charge on any atom is 0.122 e. The fraction of sp³-hybridized carbons (Fsp3) is 0.462. The number of benzene rings is 1. The first-order valence-electron chi connectivity index (χ1n) is 5.51. The number of nitrogens with zero attached hydrogens (tertiary/aromatic N) is 1. The molecule has 0 bridgehead atoms. The summed E-state index contributed by atoms with van der Waals surface area (Å²) in [5.41, 5.74) is 0.987. The summed E-state index contributed by atoms with van der Waals surface area (Å²) in [6, 6.07) is 8.35. The van der Waals surface area contributed by atoms with Crippen molar-refractivity contribution in [2.45, 2.75) is 26.2 Å². The van der Waals surface area contributed by atoms with E-state index in [1.165, 1.54) is 5.56 Å². The van der Waals surface area contributed by atoms with Crippen molar-refractivity contribution >= 4 is 15.9 Å². The smallest absolute Gasteiger partial charge is 0.122 e. The standard InChI is InChI=1S/C13H14BrNO/c1-2-10-7-11(14)3-4-12(10)16-9-13(8-15)5-6-13/h3-4,7H,2,5-6,9H2,1H3. The monoisotopic (exact) mass is 279 g/mol. The number of nitriles is 1. The third-order valence-corrected chi connectivity index (χ3v) is 3.49. The number of halogens is 1. The lowest BCUT2D eigenvalue weighted by atomic mass is 10.1. The number of ether oxygens (including phenoxy) is 1. The molecule has 1 aliphatic carbocycles. The van der Waals surface area contributed by atoms with Gasteiger partial charge in [0.2, 0.25) is 0 Å². The van der Waals surface area contributed by atoms with E-state index >= 15 is 0 Å². The highest BCUT2D eigenvalue weighted by Crippen LogP contribution is 2.45. The molecule has 2 rings (SSSR count). The molecule has 0 unspecified atom stereocenters. The van der Waals surface area contributed by atoms with Crippen LogP contribution in [-0.2, 0) is 6.42 Å². The van der Waals surface area contributed by atoms with E-state index in [1.807, 2.05) is 12.1 Å². The molecule has 0 spiro atoms. The van der Waals surface area contributed by atoms with Gasteiger partial charge in [-0.15, -0.1) is 0 Å². The summed E-state index contributed by atoms with van der Waals surface area (Å²) >= 11 is 3.45. The first-order valence-corrected chi connectivity index (χ1v) is 6.31. The van der Waals surface area contributed by atoms with Gasteiger partial charge in [-0.1, -0.05) is 22.9 Å². The summed E-state index contributed by atoms with van der Waals surface area (Å²) in [6.45, 7) is 2.63. The molecule has 1 aromatic carbocycles. The van der Waals surface area contributed by atoms with Crippen molar-refractivity contribution in [3.8, 4) is 11.8 Å². The van der Waals surface area contributed by atoms with E-state index in [9.17, 15) is 0 Å². The molecule has 0 N–H and O–H groups in total. The molecule has 0 aliphatic heterocycles. The molecule has 1 aromatic rings. The van der Waals surface area contributed by atoms with E-state index in [4.69, 9.17) is 10.00 Å². The Bertz CT molecular complexity index is 432. The average Bonchev–Trinajstić information content (AvgIpc) is 3.08. The van der Waals surface area contributed by atoms with Gasteiger partial charge in [-0.05, 0) is 43.0 Å². The Kier molecular flexibility index (Phi) is 3.20. The van der Waals surface area contributed by atoms with Gasteiger partial charge in [0.1, 0.15) is 12.4 Å². The van der Waals surface area contributed by atoms with Gasteiger partial charge in [0.25, 0.3) is 0 Å². The summed E-state index contributed by atoms with van der Waals surface area (Å²) < 4.78 is 6.83. The Hall–Kier alpha value is -1.01. The van der Waals surface area contributed by atoms with Gasteiger partial charge in [0.15, 0.2) is 0 Å². The lowest BCUT2D eigenvalue weighted by molar-refractivity contribution is 0.266. The van der Waals surface area contributed by atoms with Crippen LogP contribution in [0.15, 0.2) is 22.7 Å².